The quantitative estimate of drug-likeness (QED) is 0.885. The number of rotatable bonds is 4. The lowest BCUT2D eigenvalue weighted by atomic mass is 10.1. The van der Waals surface area contributed by atoms with Gasteiger partial charge in [0.15, 0.2) is 0 Å². The molecule has 0 radical (unpaired) electrons. The highest BCUT2D eigenvalue weighted by Gasteiger charge is 2.32. The van der Waals surface area contributed by atoms with E-state index in [-0.39, 0.29) is 30.2 Å². The lowest BCUT2D eigenvalue weighted by Crippen LogP contribution is -2.47. The van der Waals surface area contributed by atoms with Gasteiger partial charge in [0, 0.05) is 24.4 Å². The summed E-state index contributed by atoms with van der Waals surface area (Å²) < 4.78 is 43.6. The third-order valence-electron chi connectivity index (χ3n) is 3.69. The largest absolute Gasteiger partial charge is 0.496 e. The summed E-state index contributed by atoms with van der Waals surface area (Å²) >= 11 is 1.37. The summed E-state index contributed by atoms with van der Waals surface area (Å²) in [7, 11) is 1.33. The number of primary amides is 1. The van der Waals surface area contributed by atoms with Crippen LogP contribution in [0.2, 0.25) is 0 Å². The van der Waals surface area contributed by atoms with Crippen LogP contribution in [0, 0.1) is 0 Å². The second kappa shape index (κ2) is 7.33. The van der Waals surface area contributed by atoms with E-state index in [4.69, 9.17) is 10.5 Å². The van der Waals surface area contributed by atoms with Crippen molar-refractivity contribution in [3.8, 4) is 5.75 Å². The SMILES string of the molecule is COc1ccc(C(F)(F)F)cc1CC(=O)N1CCS[C@@H](C(N)=O)C1. The third kappa shape index (κ3) is 4.34. The van der Waals surface area contributed by atoms with E-state index >= 15 is 0 Å². The van der Waals surface area contributed by atoms with Crippen LogP contribution in [-0.4, -0.2) is 47.9 Å². The topological polar surface area (TPSA) is 72.6 Å². The molecule has 132 valence electrons. The molecule has 1 fully saturated rings. The maximum Gasteiger partial charge on any atom is 0.416 e. The summed E-state index contributed by atoms with van der Waals surface area (Å²) in [6, 6.07) is 3.03. The minimum Gasteiger partial charge on any atom is -0.496 e. The Hall–Kier alpha value is -1.90. The third-order valence-corrected chi connectivity index (χ3v) is 4.89. The maximum atomic E-state index is 12.8. The Morgan fingerprint density at radius 1 is 1.42 bits per heavy atom. The highest BCUT2D eigenvalue weighted by Crippen LogP contribution is 2.33. The van der Waals surface area contributed by atoms with E-state index in [1.807, 2.05) is 0 Å². The summed E-state index contributed by atoms with van der Waals surface area (Å²) in [6.07, 6.45) is -4.73. The van der Waals surface area contributed by atoms with Crippen LogP contribution in [0.5, 0.6) is 5.75 Å². The monoisotopic (exact) mass is 362 g/mol. The molecule has 9 heteroatoms. The van der Waals surface area contributed by atoms with Crippen molar-refractivity contribution in [2.75, 3.05) is 26.0 Å². The van der Waals surface area contributed by atoms with Gasteiger partial charge in [-0.15, -0.1) is 11.8 Å². The number of carbonyl (C=O) groups is 2. The first-order chi connectivity index (χ1) is 11.2. The predicted molar refractivity (Wildman–Crippen MR) is 83.7 cm³/mol. The van der Waals surface area contributed by atoms with Crippen molar-refractivity contribution in [3.05, 3.63) is 29.3 Å². The number of nitrogens with zero attached hydrogens (tertiary/aromatic N) is 1. The zero-order chi connectivity index (χ0) is 17.9. The van der Waals surface area contributed by atoms with Gasteiger partial charge in [0.25, 0.3) is 0 Å². The molecular formula is C15H17F3N2O3S. The summed E-state index contributed by atoms with van der Waals surface area (Å²) in [5.74, 6) is -0.0958. The van der Waals surface area contributed by atoms with Crippen LogP contribution in [0.1, 0.15) is 11.1 Å². The van der Waals surface area contributed by atoms with Gasteiger partial charge in [-0.05, 0) is 18.2 Å². The van der Waals surface area contributed by atoms with Gasteiger partial charge in [0.2, 0.25) is 11.8 Å². The Morgan fingerprint density at radius 3 is 2.71 bits per heavy atom. The zero-order valence-electron chi connectivity index (χ0n) is 12.9. The second-order valence-electron chi connectivity index (χ2n) is 5.30. The van der Waals surface area contributed by atoms with Crippen LogP contribution in [0.25, 0.3) is 0 Å². The summed E-state index contributed by atoms with van der Waals surface area (Å²) in [4.78, 5) is 25.1. The fraction of sp³-hybridized carbons (Fsp3) is 0.467. The number of ether oxygens (including phenoxy) is 1. The van der Waals surface area contributed by atoms with Crippen LogP contribution in [0.15, 0.2) is 18.2 Å². The van der Waals surface area contributed by atoms with Crippen molar-refractivity contribution >= 4 is 23.6 Å². The minimum absolute atomic E-state index is 0.158. The Morgan fingerprint density at radius 2 is 2.12 bits per heavy atom. The minimum atomic E-state index is -4.50. The zero-order valence-corrected chi connectivity index (χ0v) is 13.7. The highest BCUT2D eigenvalue weighted by atomic mass is 32.2. The number of nitrogens with two attached hydrogens (primary N) is 1. The van der Waals surface area contributed by atoms with E-state index in [9.17, 15) is 22.8 Å². The van der Waals surface area contributed by atoms with Crippen molar-refractivity contribution in [2.24, 2.45) is 5.73 Å². The van der Waals surface area contributed by atoms with Crippen LogP contribution in [-0.2, 0) is 22.2 Å². The van der Waals surface area contributed by atoms with Crippen LogP contribution in [0.3, 0.4) is 0 Å². The van der Waals surface area contributed by atoms with E-state index in [0.29, 0.717) is 12.3 Å². The fourth-order valence-electron chi connectivity index (χ4n) is 2.42. The van der Waals surface area contributed by atoms with Crippen molar-refractivity contribution in [3.63, 3.8) is 0 Å². The molecule has 24 heavy (non-hydrogen) atoms. The molecule has 5 nitrogen and oxygen atoms in total. The number of benzene rings is 1. The summed E-state index contributed by atoms with van der Waals surface area (Å²) in [5.41, 5.74) is 4.57. The van der Waals surface area contributed by atoms with Crippen LogP contribution >= 0.6 is 11.8 Å². The average Bonchev–Trinajstić information content (AvgIpc) is 2.54. The molecule has 0 aromatic heterocycles. The molecule has 1 aromatic rings. The number of amides is 2. The Labute approximate surface area is 141 Å². The fourth-order valence-corrected chi connectivity index (χ4v) is 3.48. The van der Waals surface area contributed by atoms with Gasteiger partial charge < -0.3 is 15.4 Å². The van der Waals surface area contributed by atoms with Gasteiger partial charge in [0.1, 0.15) is 11.0 Å². The van der Waals surface area contributed by atoms with Gasteiger partial charge in [-0.1, -0.05) is 0 Å². The van der Waals surface area contributed by atoms with Crippen molar-refractivity contribution in [1.82, 2.24) is 4.90 Å². The van der Waals surface area contributed by atoms with E-state index in [0.717, 1.165) is 12.1 Å². The lowest BCUT2D eigenvalue weighted by Gasteiger charge is -2.31. The molecule has 0 aliphatic carbocycles. The normalized spacial score (nSPS) is 18.3. The number of hydrogen-bond donors (Lipinski definition) is 1. The number of halogens is 3. The van der Waals surface area contributed by atoms with E-state index in [2.05, 4.69) is 0 Å². The number of hydrogen-bond acceptors (Lipinski definition) is 4. The second-order valence-corrected chi connectivity index (χ2v) is 6.61. The van der Waals surface area contributed by atoms with Crippen molar-refractivity contribution < 1.29 is 27.5 Å². The van der Waals surface area contributed by atoms with Gasteiger partial charge in [-0.25, -0.2) is 0 Å². The highest BCUT2D eigenvalue weighted by molar-refractivity contribution is 8.00. The molecule has 1 saturated heterocycles. The first-order valence-electron chi connectivity index (χ1n) is 7.15. The molecule has 0 unspecified atom stereocenters. The molecule has 2 amide bonds. The molecule has 0 bridgehead atoms. The average molecular weight is 362 g/mol. The van der Waals surface area contributed by atoms with Crippen molar-refractivity contribution in [2.45, 2.75) is 17.8 Å². The molecule has 2 N–H and O–H groups in total. The van der Waals surface area contributed by atoms with E-state index < -0.39 is 22.9 Å². The van der Waals surface area contributed by atoms with Gasteiger partial charge in [-0.2, -0.15) is 13.2 Å². The van der Waals surface area contributed by atoms with E-state index in [1.165, 1.54) is 29.8 Å². The number of methoxy groups -OCH3 is 1. The van der Waals surface area contributed by atoms with Gasteiger partial charge in [-0.3, -0.25) is 9.59 Å². The predicted octanol–water partition coefficient (Wildman–Crippen LogP) is 1.69. The smallest absolute Gasteiger partial charge is 0.416 e. The molecule has 1 aromatic carbocycles. The first-order valence-corrected chi connectivity index (χ1v) is 8.20. The molecule has 0 spiro atoms. The molecule has 1 aliphatic heterocycles. The molecule has 1 heterocycles. The lowest BCUT2D eigenvalue weighted by molar-refractivity contribution is -0.138. The van der Waals surface area contributed by atoms with Crippen LogP contribution < -0.4 is 10.5 Å². The Bertz CT molecular complexity index is 637. The maximum absolute atomic E-state index is 12.8. The summed E-state index contributed by atoms with van der Waals surface area (Å²) in [6.45, 7) is 0.592. The first kappa shape index (κ1) is 18.4. The number of carbonyl (C=O) groups excluding carboxylic acids is 2. The molecular weight excluding hydrogens is 345 g/mol. The standard InChI is InChI=1S/C15H17F3N2O3S/c1-23-11-3-2-10(15(16,17)18)6-9(11)7-13(21)20-4-5-24-12(8-20)14(19)22/h2-3,6,12H,4-5,7-8H2,1H3,(H2,19,22)/t12-/m1/s1. The summed E-state index contributed by atoms with van der Waals surface area (Å²) in [5, 5.41) is -0.494. The van der Waals surface area contributed by atoms with Crippen LogP contribution in [0.4, 0.5) is 13.2 Å². The number of thioether (sulfide) groups is 1. The van der Waals surface area contributed by atoms with Crippen molar-refractivity contribution in [1.29, 1.82) is 0 Å². The number of alkyl halides is 3. The Balaban J connectivity index is 2.17. The molecule has 1 aliphatic rings. The van der Waals surface area contributed by atoms with Gasteiger partial charge >= 0.3 is 6.18 Å². The molecule has 2 rings (SSSR count). The molecule has 1 atom stereocenters. The van der Waals surface area contributed by atoms with E-state index in [1.54, 1.807) is 0 Å². The Kier molecular flexibility index (Phi) is 5.63. The molecule has 0 saturated carbocycles. The van der Waals surface area contributed by atoms with Gasteiger partial charge in [0.05, 0.1) is 19.1 Å².